The molecule has 0 aromatic heterocycles. The summed E-state index contributed by atoms with van der Waals surface area (Å²) in [5.41, 5.74) is 0.598. The Kier molecular flexibility index (Phi) is 4.81. The first kappa shape index (κ1) is 14.9. The van der Waals surface area contributed by atoms with Crippen molar-refractivity contribution < 1.29 is 19.1 Å². The first-order valence-electron chi connectivity index (χ1n) is 6.67. The van der Waals surface area contributed by atoms with Crippen LogP contribution in [0.15, 0.2) is 30.9 Å². The predicted octanol–water partition coefficient (Wildman–Crippen LogP) is 1.11. The number of carbonyl (C=O) groups is 2. The number of benzene rings is 1. The van der Waals surface area contributed by atoms with Crippen LogP contribution in [0.25, 0.3) is 0 Å². The van der Waals surface area contributed by atoms with Crippen LogP contribution in [-0.4, -0.2) is 38.1 Å². The van der Waals surface area contributed by atoms with Crippen molar-refractivity contribution in [2.75, 3.05) is 31.2 Å². The third-order valence-electron chi connectivity index (χ3n) is 2.96. The Balaban J connectivity index is 2.16. The van der Waals surface area contributed by atoms with Gasteiger partial charge < -0.3 is 19.7 Å². The largest absolute Gasteiger partial charge is 0.486 e. The quantitative estimate of drug-likeness (QED) is 0.825. The highest BCUT2D eigenvalue weighted by atomic mass is 16.6. The van der Waals surface area contributed by atoms with Gasteiger partial charge in [-0.05, 0) is 12.1 Å². The molecular formula is C15H18N2O4. The van der Waals surface area contributed by atoms with Gasteiger partial charge in [-0.15, -0.1) is 6.58 Å². The standard InChI is InChI=1S/C15H18N2O4/c1-3-6-16-15(19)10-17(11(2)18)12-4-5-13-14(9-12)21-8-7-20-13/h3-5,9H,1,6-8,10H2,2H3,(H,16,19). The number of ether oxygens (including phenoxy) is 2. The molecule has 1 aromatic rings. The third kappa shape index (κ3) is 3.75. The minimum absolute atomic E-state index is 0.0528. The topological polar surface area (TPSA) is 67.9 Å². The Hall–Kier alpha value is -2.50. The Labute approximate surface area is 123 Å². The zero-order chi connectivity index (χ0) is 15.2. The Morgan fingerprint density at radius 1 is 1.33 bits per heavy atom. The summed E-state index contributed by atoms with van der Waals surface area (Å²) < 4.78 is 10.9. The maximum absolute atomic E-state index is 11.8. The number of anilines is 1. The molecule has 0 spiro atoms. The third-order valence-corrected chi connectivity index (χ3v) is 2.96. The second-order valence-corrected chi connectivity index (χ2v) is 4.53. The molecule has 0 radical (unpaired) electrons. The van der Waals surface area contributed by atoms with Crippen molar-refractivity contribution in [2.45, 2.75) is 6.92 Å². The van der Waals surface area contributed by atoms with E-state index in [1.54, 1.807) is 24.3 Å². The van der Waals surface area contributed by atoms with Crippen LogP contribution in [0, 0.1) is 0 Å². The molecule has 0 unspecified atom stereocenters. The lowest BCUT2D eigenvalue weighted by atomic mass is 10.2. The number of nitrogens with zero attached hydrogens (tertiary/aromatic N) is 1. The van der Waals surface area contributed by atoms with Gasteiger partial charge in [-0.1, -0.05) is 6.08 Å². The maximum atomic E-state index is 11.8. The van der Waals surface area contributed by atoms with E-state index in [0.29, 0.717) is 36.9 Å². The van der Waals surface area contributed by atoms with Crippen LogP contribution >= 0.6 is 0 Å². The summed E-state index contributed by atoms with van der Waals surface area (Å²) >= 11 is 0. The molecular weight excluding hydrogens is 272 g/mol. The fraction of sp³-hybridized carbons (Fsp3) is 0.333. The average Bonchev–Trinajstić information content (AvgIpc) is 2.49. The van der Waals surface area contributed by atoms with Crippen molar-refractivity contribution in [1.82, 2.24) is 5.32 Å². The summed E-state index contributed by atoms with van der Waals surface area (Å²) in [6.07, 6.45) is 1.58. The summed E-state index contributed by atoms with van der Waals surface area (Å²) in [5, 5.41) is 2.64. The molecule has 0 aliphatic carbocycles. The van der Waals surface area contributed by atoms with Gasteiger partial charge in [0.1, 0.15) is 19.8 Å². The molecule has 1 aliphatic heterocycles. The normalized spacial score (nSPS) is 12.4. The molecule has 1 N–H and O–H groups in total. The van der Waals surface area contributed by atoms with Gasteiger partial charge in [0.05, 0.1) is 0 Å². The number of rotatable bonds is 5. The fourth-order valence-electron chi connectivity index (χ4n) is 1.97. The van der Waals surface area contributed by atoms with Gasteiger partial charge in [-0.3, -0.25) is 9.59 Å². The van der Waals surface area contributed by atoms with Crippen LogP contribution < -0.4 is 19.7 Å². The molecule has 6 nitrogen and oxygen atoms in total. The minimum Gasteiger partial charge on any atom is -0.486 e. The molecule has 0 atom stereocenters. The zero-order valence-electron chi connectivity index (χ0n) is 11.9. The van der Waals surface area contributed by atoms with Gasteiger partial charge in [0.15, 0.2) is 11.5 Å². The zero-order valence-corrected chi connectivity index (χ0v) is 11.9. The number of carbonyl (C=O) groups excluding carboxylic acids is 2. The van der Waals surface area contributed by atoms with Crippen LogP contribution in [-0.2, 0) is 9.59 Å². The molecule has 0 saturated heterocycles. The second kappa shape index (κ2) is 6.78. The van der Waals surface area contributed by atoms with Gasteiger partial charge in [0.2, 0.25) is 11.8 Å². The van der Waals surface area contributed by atoms with Crippen molar-refractivity contribution in [3.05, 3.63) is 30.9 Å². The number of amides is 2. The average molecular weight is 290 g/mol. The molecule has 1 heterocycles. The van der Waals surface area contributed by atoms with E-state index in [-0.39, 0.29) is 18.4 Å². The minimum atomic E-state index is -0.250. The first-order chi connectivity index (χ1) is 10.1. The van der Waals surface area contributed by atoms with Crippen LogP contribution in [0.4, 0.5) is 5.69 Å². The highest BCUT2D eigenvalue weighted by Crippen LogP contribution is 2.33. The monoisotopic (exact) mass is 290 g/mol. The van der Waals surface area contributed by atoms with Crippen LogP contribution in [0.3, 0.4) is 0 Å². The van der Waals surface area contributed by atoms with E-state index in [0.717, 1.165) is 0 Å². The van der Waals surface area contributed by atoms with Gasteiger partial charge >= 0.3 is 0 Å². The summed E-state index contributed by atoms with van der Waals surface area (Å²) in [5.74, 6) is 0.751. The SMILES string of the molecule is C=CCNC(=O)CN(C(C)=O)c1ccc2c(c1)OCCO2. The Morgan fingerprint density at radius 3 is 2.71 bits per heavy atom. The highest BCUT2D eigenvalue weighted by Gasteiger charge is 2.19. The van der Waals surface area contributed by atoms with E-state index >= 15 is 0 Å². The molecule has 0 saturated carbocycles. The lowest BCUT2D eigenvalue weighted by molar-refractivity contribution is -0.122. The number of hydrogen-bond acceptors (Lipinski definition) is 4. The molecule has 1 aliphatic rings. The fourth-order valence-corrected chi connectivity index (χ4v) is 1.97. The van der Waals surface area contributed by atoms with E-state index < -0.39 is 0 Å². The molecule has 2 amide bonds. The van der Waals surface area contributed by atoms with Crippen molar-refractivity contribution in [2.24, 2.45) is 0 Å². The van der Waals surface area contributed by atoms with E-state index in [1.165, 1.54) is 11.8 Å². The summed E-state index contributed by atoms with van der Waals surface area (Å²) in [6, 6.07) is 5.17. The van der Waals surface area contributed by atoms with E-state index in [1.807, 2.05) is 0 Å². The Morgan fingerprint density at radius 2 is 2.05 bits per heavy atom. The number of nitrogens with one attached hydrogen (secondary N) is 1. The summed E-state index contributed by atoms with van der Waals surface area (Å²) in [7, 11) is 0. The molecule has 21 heavy (non-hydrogen) atoms. The van der Waals surface area contributed by atoms with Gasteiger partial charge in [0.25, 0.3) is 0 Å². The molecule has 6 heteroatoms. The maximum Gasteiger partial charge on any atom is 0.240 e. The molecule has 1 aromatic carbocycles. The Bertz CT molecular complexity index is 557. The van der Waals surface area contributed by atoms with Gasteiger partial charge in [-0.2, -0.15) is 0 Å². The van der Waals surface area contributed by atoms with Crippen LogP contribution in [0.1, 0.15) is 6.92 Å². The first-order valence-corrected chi connectivity index (χ1v) is 6.67. The number of hydrogen-bond donors (Lipinski definition) is 1. The summed E-state index contributed by atoms with van der Waals surface area (Å²) in [4.78, 5) is 24.9. The van der Waals surface area contributed by atoms with Crippen molar-refractivity contribution in [1.29, 1.82) is 0 Å². The molecule has 0 fully saturated rings. The molecule has 0 bridgehead atoms. The molecule has 2 rings (SSSR count). The number of fused-ring (bicyclic) bond motifs is 1. The molecule has 112 valence electrons. The van der Waals surface area contributed by atoms with Gasteiger partial charge in [0, 0.05) is 25.2 Å². The van der Waals surface area contributed by atoms with E-state index in [9.17, 15) is 9.59 Å². The van der Waals surface area contributed by atoms with Crippen molar-refractivity contribution >= 4 is 17.5 Å². The van der Waals surface area contributed by atoms with Crippen LogP contribution in [0.2, 0.25) is 0 Å². The summed E-state index contributed by atoms with van der Waals surface area (Å²) in [6.45, 7) is 6.23. The highest BCUT2D eigenvalue weighted by molar-refractivity contribution is 5.97. The van der Waals surface area contributed by atoms with Crippen LogP contribution in [0.5, 0.6) is 11.5 Å². The van der Waals surface area contributed by atoms with Crippen molar-refractivity contribution in [3.63, 3.8) is 0 Å². The predicted molar refractivity (Wildman–Crippen MR) is 78.7 cm³/mol. The smallest absolute Gasteiger partial charge is 0.240 e. The van der Waals surface area contributed by atoms with E-state index in [4.69, 9.17) is 9.47 Å². The van der Waals surface area contributed by atoms with Crippen molar-refractivity contribution in [3.8, 4) is 11.5 Å². The second-order valence-electron chi connectivity index (χ2n) is 4.53. The van der Waals surface area contributed by atoms with Gasteiger partial charge in [-0.25, -0.2) is 0 Å². The lowest BCUT2D eigenvalue weighted by Crippen LogP contribution is -2.39. The lowest BCUT2D eigenvalue weighted by Gasteiger charge is -2.24. The van der Waals surface area contributed by atoms with E-state index in [2.05, 4.69) is 11.9 Å².